The molecule has 0 spiro atoms. The zero-order valence-corrected chi connectivity index (χ0v) is 17.1. The topological polar surface area (TPSA) is 80.2 Å². The Balaban J connectivity index is 1.40. The molecule has 2 heterocycles. The van der Waals surface area contributed by atoms with Gasteiger partial charge in [0.05, 0.1) is 24.7 Å². The quantitative estimate of drug-likeness (QED) is 0.734. The van der Waals surface area contributed by atoms with E-state index in [1.165, 1.54) is 26.4 Å². The van der Waals surface area contributed by atoms with Crippen molar-refractivity contribution in [2.75, 3.05) is 44.7 Å². The molecule has 1 fully saturated rings. The number of nitrogens with zero attached hydrogens (tertiary/aromatic N) is 1. The highest BCUT2D eigenvalue weighted by atomic mass is 32.2. The minimum absolute atomic E-state index is 0.111. The molecule has 1 atom stereocenters. The third-order valence-electron chi connectivity index (χ3n) is 5.44. The molecule has 154 valence electrons. The lowest BCUT2D eigenvalue weighted by Crippen LogP contribution is -3.12. The van der Waals surface area contributed by atoms with E-state index in [4.69, 9.17) is 4.74 Å². The summed E-state index contributed by atoms with van der Waals surface area (Å²) in [4.78, 5) is 13.9. The van der Waals surface area contributed by atoms with Crippen molar-refractivity contribution in [3.63, 3.8) is 0 Å². The number of carbonyl (C=O) groups is 1. The Labute approximate surface area is 171 Å². The average molecular weight is 417 g/mol. The van der Waals surface area contributed by atoms with Gasteiger partial charge in [-0.15, -0.1) is 0 Å². The van der Waals surface area contributed by atoms with Crippen molar-refractivity contribution >= 4 is 21.6 Å². The lowest BCUT2D eigenvalue weighted by Gasteiger charge is -2.26. The first-order valence-corrected chi connectivity index (χ1v) is 11.3. The van der Waals surface area contributed by atoms with Crippen LogP contribution in [0.5, 0.6) is 0 Å². The number of sulfonamides is 1. The Morgan fingerprint density at radius 3 is 2.62 bits per heavy atom. The number of morpholine rings is 1. The second kappa shape index (κ2) is 8.62. The minimum atomic E-state index is -3.58. The minimum Gasteiger partial charge on any atom is -0.379 e. The standard InChI is InChI=1S/C21H25N3O4S/c25-21(16-23-9-8-17-4-1-2-5-18(17)15-23)22-19-6-3-7-20(14-19)29(26,27)24-10-12-28-13-11-24/h1-7,14H,8-13,15-16H2,(H,22,25)/p+1. The largest absolute Gasteiger partial charge is 0.379 e. The van der Waals surface area contributed by atoms with Gasteiger partial charge in [-0.05, 0) is 23.8 Å². The van der Waals surface area contributed by atoms with Gasteiger partial charge in [0.25, 0.3) is 5.91 Å². The summed E-state index contributed by atoms with van der Waals surface area (Å²) in [6, 6.07) is 14.8. The van der Waals surface area contributed by atoms with Crippen LogP contribution >= 0.6 is 0 Å². The zero-order valence-electron chi connectivity index (χ0n) is 16.3. The van der Waals surface area contributed by atoms with Crippen LogP contribution in [-0.2, 0) is 32.5 Å². The second-order valence-corrected chi connectivity index (χ2v) is 9.40. The lowest BCUT2D eigenvalue weighted by molar-refractivity contribution is -0.907. The summed E-state index contributed by atoms with van der Waals surface area (Å²) in [7, 11) is -3.58. The molecule has 8 heteroatoms. The molecule has 4 rings (SSSR count). The molecule has 1 unspecified atom stereocenters. The molecule has 1 saturated heterocycles. The monoisotopic (exact) mass is 416 g/mol. The van der Waals surface area contributed by atoms with Crippen molar-refractivity contribution in [2.24, 2.45) is 0 Å². The Bertz CT molecular complexity index is 987. The molecule has 2 aromatic carbocycles. The predicted octanol–water partition coefficient (Wildman–Crippen LogP) is 0.287. The fraction of sp³-hybridized carbons (Fsp3) is 0.381. The highest BCUT2D eigenvalue weighted by Gasteiger charge is 2.27. The van der Waals surface area contributed by atoms with Crippen LogP contribution in [0, 0.1) is 0 Å². The normalized spacial score (nSPS) is 20.1. The van der Waals surface area contributed by atoms with Crippen molar-refractivity contribution < 1.29 is 22.8 Å². The molecule has 1 amide bonds. The highest BCUT2D eigenvalue weighted by Crippen LogP contribution is 2.20. The van der Waals surface area contributed by atoms with Crippen LogP contribution in [0.3, 0.4) is 0 Å². The summed E-state index contributed by atoms with van der Waals surface area (Å²) in [5.41, 5.74) is 3.15. The van der Waals surface area contributed by atoms with Gasteiger partial charge < -0.3 is 15.0 Å². The van der Waals surface area contributed by atoms with Crippen LogP contribution in [0.15, 0.2) is 53.4 Å². The van der Waals surface area contributed by atoms with E-state index in [1.54, 1.807) is 18.2 Å². The van der Waals surface area contributed by atoms with E-state index in [9.17, 15) is 13.2 Å². The Morgan fingerprint density at radius 2 is 1.83 bits per heavy atom. The van der Waals surface area contributed by atoms with E-state index in [-0.39, 0.29) is 10.8 Å². The molecule has 2 aliphatic heterocycles. The number of rotatable bonds is 5. The van der Waals surface area contributed by atoms with Crippen molar-refractivity contribution in [2.45, 2.75) is 17.9 Å². The van der Waals surface area contributed by atoms with Crippen LogP contribution in [-0.4, -0.2) is 58.0 Å². The first-order valence-electron chi connectivity index (χ1n) is 9.90. The number of fused-ring (bicyclic) bond motifs is 1. The third kappa shape index (κ3) is 4.67. The lowest BCUT2D eigenvalue weighted by atomic mass is 10.00. The Hall–Kier alpha value is -2.26. The SMILES string of the molecule is O=C(C[NH+]1CCc2ccccc2C1)Nc1cccc(S(=O)(=O)N2CCOCC2)c1. The van der Waals surface area contributed by atoms with E-state index in [2.05, 4.69) is 23.5 Å². The number of ether oxygens (including phenoxy) is 1. The maximum absolute atomic E-state index is 12.8. The Kier molecular flexibility index (Phi) is 5.96. The fourth-order valence-electron chi connectivity index (χ4n) is 3.90. The molecule has 0 aliphatic carbocycles. The number of carbonyl (C=O) groups excluding carboxylic acids is 1. The number of benzene rings is 2. The van der Waals surface area contributed by atoms with Crippen LogP contribution in [0.4, 0.5) is 5.69 Å². The molecule has 0 saturated carbocycles. The van der Waals surface area contributed by atoms with E-state index in [1.807, 2.05) is 6.07 Å². The van der Waals surface area contributed by atoms with Crippen LogP contribution in [0.1, 0.15) is 11.1 Å². The van der Waals surface area contributed by atoms with Crippen molar-refractivity contribution in [1.29, 1.82) is 0 Å². The second-order valence-electron chi connectivity index (χ2n) is 7.46. The summed E-state index contributed by atoms with van der Waals surface area (Å²) >= 11 is 0. The van der Waals surface area contributed by atoms with E-state index < -0.39 is 10.0 Å². The van der Waals surface area contributed by atoms with Gasteiger partial charge in [0.15, 0.2) is 6.54 Å². The maximum atomic E-state index is 12.8. The highest BCUT2D eigenvalue weighted by molar-refractivity contribution is 7.89. The van der Waals surface area contributed by atoms with Gasteiger partial charge in [-0.25, -0.2) is 8.42 Å². The molecule has 0 aromatic heterocycles. The molecule has 2 aromatic rings. The van der Waals surface area contributed by atoms with Gasteiger partial charge in [0.2, 0.25) is 10.0 Å². The summed E-state index contributed by atoms with van der Waals surface area (Å²) in [6.45, 7) is 3.59. The summed E-state index contributed by atoms with van der Waals surface area (Å²) < 4.78 is 32.3. The molecular weight excluding hydrogens is 390 g/mol. The van der Waals surface area contributed by atoms with Crippen LogP contribution < -0.4 is 10.2 Å². The zero-order chi connectivity index (χ0) is 20.3. The Morgan fingerprint density at radius 1 is 1.07 bits per heavy atom. The molecule has 29 heavy (non-hydrogen) atoms. The molecule has 0 radical (unpaired) electrons. The van der Waals surface area contributed by atoms with Gasteiger partial charge in [0, 0.05) is 30.8 Å². The van der Waals surface area contributed by atoms with E-state index in [0.717, 1.165) is 19.5 Å². The van der Waals surface area contributed by atoms with Gasteiger partial charge in [-0.1, -0.05) is 30.3 Å². The third-order valence-corrected chi connectivity index (χ3v) is 7.34. The summed E-state index contributed by atoms with van der Waals surface area (Å²) in [5, 5.41) is 2.86. The first kappa shape index (κ1) is 20.0. The number of hydrogen-bond donors (Lipinski definition) is 2. The summed E-state index contributed by atoms with van der Waals surface area (Å²) in [5.74, 6) is -0.111. The van der Waals surface area contributed by atoms with Gasteiger partial charge in [-0.3, -0.25) is 4.79 Å². The first-order chi connectivity index (χ1) is 14.0. The molecular formula is C21H26N3O4S+. The number of amides is 1. The number of hydrogen-bond acceptors (Lipinski definition) is 4. The summed E-state index contributed by atoms with van der Waals surface area (Å²) in [6.07, 6.45) is 0.964. The van der Waals surface area contributed by atoms with Gasteiger partial charge >= 0.3 is 0 Å². The van der Waals surface area contributed by atoms with E-state index >= 15 is 0 Å². The predicted molar refractivity (Wildman–Crippen MR) is 109 cm³/mol. The van der Waals surface area contributed by atoms with E-state index in [0.29, 0.717) is 38.5 Å². The van der Waals surface area contributed by atoms with Gasteiger partial charge in [0.1, 0.15) is 6.54 Å². The number of nitrogens with one attached hydrogen (secondary N) is 2. The van der Waals surface area contributed by atoms with Crippen molar-refractivity contribution in [1.82, 2.24) is 4.31 Å². The van der Waals surface area contributed by atoms with Crippen LogP contribution in [0.25, 0.3) is 0 Å². The van der Waals surface area contributed by atoms with Crippen molar-refractivity contribution in [3.05, 3.63) is 59.7 Å². The van der Waals surface area contributed by atoms with Gasteiger partial charge in [-0.2, -0.15) is 4.31 Å². The number of quaternary nitrogens is 1. The molecule has 2 N–H and O–H groups in total. The smallest absolute Gasteiger partial charge is 0.279 e. The molecule has 0 bridgehead atoms. The van der Waals surface area contributed by atoms with Crippen LogP contribution in [0.2, 0.25) is 0 Å². The fourth-order valence-corrected chi connectivity index (χ4v) is 5.35. The molecule has 7 nitrogen and oxygen atoms in total. The average Bonchev–Trinajstić information content (AvgIpc) is 2.74. The molecule has 2 aliphatic rings. The maximum Gasteiger partial charge on any atom is 0.279 e. The van der Waals surface area contributed by atoms with Crippen molar-refractivity contribution in [3.8, 4) is 0 Å². The number of anilines is 1.